The van der Waals surface area contributed by atoms with E-state index < -0.39 is 0 Å². The molecular weight excluding hydrogens is 352 g/mol. The SMILES string of the molecule is CC(C)Oc1ccc(NC(=O)CNc2ccc(Oc3ccccc3)cc2)cc1. The average molecular weight is 376 g/mol. The van der Waals surface area contributed by atoms with Gasteiger partial charge in [-0.2, -0.15) is 0 Å². The van der Waals surface area contributed by atoms with E-state index in [9.17, 15) is 4.79 Å². The molecule has 2 N–H and O–H groups in total. The molecule has 0 radical (unpaired) electrons. The van der Waals surface area contributed by atoms with Gasteiger partial charge in [-0.05, 0) is 74.5 Å². The summed E-state index contributed by atoms with van der Waals surface area (Å²) >= 11 is 0. The van der Waals surface area contributed by atoms with Crippen LogP contribution in [-0.4, -0.2) is 18.6 Å². The summed E-state index contributed by atoms with van der Waals surface area (Å²) in [4.78, 5) is 12.1. The highest BCUT2D eigenvalue weighted by Gasteiger charge is 2.04. The van der Waals surface area contributed by atoms with Crippen molar-refractivity contribution in [2.75, 3.05) is 17.2 Å². The van der Waals surface area contributed by atoms with Crippen molar-refractivity contribution in [1.82, 2.24) is 0 Å². The third-order valence-corrected chi connectivity index (χ3v) is 3.80. The molecule has 0 heterocycles. The molecule has 28 heavy (non-hydrogen) atoms. The summed E-state index contributed by atoms with van der Waals surface area (Å²) < 4.78 is 11.3. The summed E-state index contributed by atoms with van der Waals surface area (Å²) in [6, 6.07) is 24.4. The first-order chi connectivity index (χ1) is 13.6. The van der Waals surface area contributed by atoms with Crippen LogP contribution in [0.5, 0.6) is 17.2 Å². The Kier molecular flexibility index (Phi) is 6.52. The van der Waals surface area contributed by atoms with Crippen molar-refractivity contribution in [1.29, 1.82) is 0 Å². The Bertz CT molecular complexity index is 876. The second kappa shape index (κ2) is 9.46. The molecule has 0 saturated carbocycles. The number of rotatable bonds is 8. The van der Waals surface area contributed by atoms with E-state index >= 15 is 0 Å². The van der Waals surface area contributed by atoms with Crippen LogP contribution in [0.1, 0.15) is 13.8 Å². The fourth-order valence-corrected chi connectivity index (χ4v) is 2.54. The van der Waals surface area contributed by atoms with Crippen molar-refractivity contribution < 1.29 is 14.3 Å². The first-order valence-corrected chi connectivity index (χ1v) is 9.22. The van der Waals surface area contributed by atoms with Gasteiger partial charge in [0.25, 0.3) is 0 Å². The van der Waals surface area contributed by atoms with Gasteiger partial charge in [0.2, 0.25) is 5.91 Å². The molecule has 5 nitrogen and oxygen atoms in total. The van der Waals surface area contributed by atoms with E-state index in [0.717, 1.165) is 28.6 Å². The van der Waals surface area contributed by atoms with Crippen molar-refractivity contribution in [2.24, 2.45) is 0 Å². The lowest BCUT2D eigenvalue weighted by atomic mass is 10.3. The highest BCUT2D eigenvalue weighted by molar-refractivity contribution is 5.93. The van der Waals surface area contributed by atoms with Crippen LogP contribution >= 0.6 is 0 Å². The first kappa shape index (κ1) is 19.3. The Balaban J connectivity index is 1.46. The van der Waals surface area contributed by atoms with Crippen molar-refractivity contribution in [3.63, 3.8) is 0 Å². The van der Waals surface area contributed by atoms with Gasteiger partial charge in [0.05, 0.1) is 12.6 Å². The normalized spacial score (nSPS) is 10.4. The van der Waals surface area contributed by atoms with Gasteiger partial charge in [0, 0.05) is 11.4 Å². The van der Waals surface area contributed by atoms with Gasteiger partial charge in [-0.25, -0.2) is 0 Å². The number of carbonyl (C=O) groups is 1. The highest BCUT2D eigenvalue weighted by atomic mass is 16.5. The smallest absolute Gasteiger partial charge is 0.243 e. The molecule has 0 spiro atoms. The van der Waals surface area contributed by atoms with Crippen LogP contribution in [0.2, 0.25) is 0 Å². The Morgan fingerprint density at radius 2 is 1.36 bits per heavy atom. The minimum atomic E-state index is -0.123. The maximum Gasteiger partial charge on any atom is 0.243 e. The number of nitrogens with one attached hydrogen (secondary N) is 2. The summed E-state index contributed by atoms with van der Waals surface area (Å²) in [5.41, 5.74) is 1.57. The number of hydrogen-bond acceptors (Lipinski definition) is 4. The van der Waals surface area contributed by atoms with Crippen LogP contribution in [0.3, 0.4) is 0 Å². The number of carbonyl (C=O) groups excluding carboxylic acids is 1. The van der Waals surface area contributed by atoms with E-state index in [-0.39, 0.29) is 18.6 Å². The molecule has 0 aliphatic rings. The largest absolute Gasteiger partial charge is 0.491 e. The highest BCUT2D eigenvalue weighted by Crippen LogP contribution is 2.22. The molecular formula is C23H24N2O3. The number of para-hydroxylation sites is 1. The van der Waals surface area contributed by atoms with E-state index in [0.29, 0.717) is 0 Å². The molecule has 5 heteroatoms. The molecule has 0 aliphatic heterocycles. The van der Waals surface area contributed by atoms with Crippen molar-refractivity contribution in [3.8, 4) is 17.2 Å². The van der Waals surface area contributed by atoms with Crippen LogP contribution in [0.15, 0.2) is 78.9 Å². The van der Waals surface area contributed by atoms with Gasteiger partial charge in [0.1, 0.15) is 17.2 Å². The molecule has 0 saturated heterocycles. The molecule has 1 amide bonds. The van der Waals surface area contributed by atoms with Crippen molar-refractivity contribution in [2.45, 2.75) is 20.0 Å². The second-order valence-electron chi connectivity index (χ2n) is 6.53. The van der Waals surface area contributed by atoms with Crippen LogP contribution in [0.4, 0.5) is 11.4 Å². The Labute approximate surface area is 165 Å². The van der Waals surface area contributed by atoms with Gasteiger partial charge < -0.3 is 20.1 Å². The average Bonchev–Trinajstić information content (AvgIpc) is 2.69. The number of ether oxygens (including phenoxy) is 2. The van der Waals surface area contributed by atoms with E-state index in [4.69, 9.17) is 9.47 Å². The number of hydrogen-bond donors (Lipinski definition) is 2. The zero-order chi connectivity index (χ0) is 19.8. The minimum absolute atomic E-state index is 0.120. The monoisotopic (exact) mass is 376 g/mol. The van der Waals surface area contributed by atoms with Crippen LogP contribution < -0.4 is 20.1 Å². The lowest BCUT2D eigenvalue weighted by Crippen LogP contribution is -2.21. The summed E-state index contributed by atoms with van der Waals surface area (Å²) in [6.45, 7) is 4.12. The van der Waals surface area contributed by atoms with E-state index in [1.807, 2.05) is 92.7 Å². The maximum atomic E-state index is 12.1. The Morgan fingerprint density at radius 1 is 0.786 bits per heavy atom. The van der Waals surface area contributed by atoms with E-state index in [2.05, 4.69) is 10.6 Å². The minimum Gasteiger partial charge on any atom is -0.491 e. The molecule has 144 valence electrons. The van der Waals surface area contributed by atoms with Gasteiger partial charge >= 0.3 is 0 Å². The molecule has 3 aromatic carbocycles. The molecule has 0 aliphatic carbocycles. The predicted molar refractivity (Wildman–Crippen MR) is 112 cm³/mol. The van der Waals surface area contributed by atoms with Crippen LogP contribution in [0.25, 0.3) is 0 Å². The van der Waals surface area contributed by atoms with Crippen molar-refractivity contribution in [3.05, 3.63) is 78.9 Å². The molecule has 0 unspecified atom stereocenters. The molecule has 3 rings (SSSR count). The fraction of sp³-hybridized carbons (Fsp3) is 0.174. The molecule has 3 aromatic rings. The molecule has 0 bridgehead atoms. The summed E-state index contributed by atoms with van der Waals surface area (Å²) in [5, 5.41) is 5.96. The second-order valence-corrected chi connectivity index (χ2v) is 6.53. The first-order valence-electron chi connectivity index (χ1n) is 9.22. The quantitative estimate of drug-likeness (QED) is 0.559. The summed E-state index contributed by atoms with van der Waals surface area (Å²) in [5.74, 6) is 2.18. The van der Waals surface area contributed by atoms with Gasteiger partial charge in [0.15, 0.2) is 0 Å². The molecule has 0 atom stereocenters. The van der Waals surface area contributed by atoms with Gasteiger partial charge in [-0.15, -0.1) is 0 Å². The number of amides is 1. The van der Waals surface area contributed by atoms with Crippen molar-refractivity contribution >= 4 is 17.3 Å². The molecule has 0 fully saturated rings. The predicted octanol–water partition coefficient (Wildman–Crippen LogP) is 5.32. The van der Waals surface area contributed by atoms with Gasteiger partial charge in [-0.3, -0.25) is 4.79 Å². The number of anilines is 2. The third kappa shape index (κ3) is 6.06. The lowest BCUT2D eigenvalue weighted by Gasteiger charge is -2.11. The molecule has 0 aromatic heterocycles. The maximum absolute atomic E-state index is 12.1. The Morgan fingerprint density at radius 3 is 2.00 bits per heavy atom. The van der Waals surface area contributed by atoms with E-state index in [1.54, 1.807) is 0 Å². The summed E-state index contributed by atoms with van der Waals surface area (Å²) in [7, 11) is 0. The fourth-order valence-electron chi connectivity index (χ4n) is 2.54. The van der Waals surface area contributed by atoms with E-state index in [1.165, 1.54) is 0 Å². The zero-order valence-electron chi connectivity index (χ0n) is 16.0. The zero-order valence-corrected chi connectivity index (χ0v) is 16.0. The lowest BCUT2D eigenvalue weighted by molar-refractivity contribution is -0.114. The summed E-state index contributed by atoms with van der Waals surface area (Å²) in [6.07, 6.45) is 0.120. The Hall–Kier alpha value is -3.47. The third-order valence-electron chi connectivity index (χ3n) is 3.80. The van der Waals surface area contributed by atoms with Crippen LogP contribution in [0, 0.1) is 0 Å². The number of benzene rings is 3. The van der Waals surface area contributed by atoms with Crippen LogP contribution in [-0.2, 0) is 4.79 Å². The topological polar surface area (TPSA) is 59.6 Å². The standard InChI is InChI=1S/C23H24N2O3/c1-17(2)27-21-14-10-19(11-15-21)25-23(26)16-24-18-8-12-22(13-9-18)28-20-6-4-3-5-7-20/h3-15,17,24H,16H2,1-2H3,(H,25,26). The van der Waals surface area contributed by atoms with Gasteiger partial charge in [-0.1, -0.05) is 18.2 Å².